The van der Waals surface area contributed by atoms with E-state index >= 15 is 0 Å². The maximum absolute atomic E-state index is 11.7. The first-order valence-corrected chi connectivity index (χ1v) is 14.6. The number of hydrogen-bond acceptors (Lipinski definition) is 8. The van der Waals surface area contributed by atoms with Crippen LogP contribution in [0.5, 0.6) is 0 Å². The van der Waals surface area contributed by atoms with E-state index in [2.05, 4.69) is 5.32 Å². The molecule has 0 aromatic heterocycles. The monoisotopic (exact) mass is 617 g/mol. The molecule has 3 aliphatic carbocycles. The summed E-state index contributed by atoms with van der Waals surface area (Å²) >= 11 is 0. The van der Waals surface area contributed by atoms with Gasteiger partial charge in [-0.3, -0.25) is 9.69 Å². The van der Waals surface area contributed by atoms with Crippen LogP contribution in [0.1, 0.15) is 107 Å². The van der Waals surface area contributed by atoms with Gasteiger partial charge in [0, 0.05) is 7.05 Å². The van der Waals surface area contributed by atoms with Crippen LogP contribution in [-0.2, 0) is 23.9 Å². The molecule has 250 valence electrons. The molecule has 3 aliphatic rings. The highest BCUT2D eigenvalue weighted by Gasteiger charge is 2.35. The van der Waals surface area contributed by atoms with Crippen LogP contribution >= 0.6 is 0 Å². The molecule has 3 fully saturated rings. The highest BCUT2D eigenvalue weighted by molar-refractivity contribution is 5.80. The topological polar surface area (TPSA) is 206 Å². The number of nitrogens with zero attached hydrogens (tertiary/aromatic N) is 1. The second-order valence-corrected chi connectivity index (χ2v) is 13.5. The Bertz CT molecular complexity index is 931. The number of carbonyl (C=O) groups excluding carboxylic acids is 2. The van der Waals surface area contributed by atoms with Crippen molar-refractivity contribution in [2.24, 2.45) is 23.5 Å². The lowest BCUT2D eigenvalue weighted by Crippen LogP contribution is -2.45. The van der Waals surface area contributed by atoms with Crippen LogP contribution in [-0.4, -0.2) is 86.7 Å². The number of carboxylic acid groups (broad SMARTS) is 3. The van der Waals surface area contributed by atoms with Gasteiger partial charge in [-0.2, -0.15) is 0 Å². The Kier molecular flexibility index (Phi) is 16.0. The Morgan fingerprint density at radius 2 is 1.16 bits per heavy atom. The van der Waals surface area contributed by atoms with Crippen molar-refractivity contribution in [3.8, 4) is 0 Å². The number of nitrogens with one attached hydrogen (secondary N) is 1. The van der Waals surface area contributed by atoms with Gasteiger partial charge in [-0.15, -0.1) is 0 Å². The number of alkyl carbamates (subject to hydrolysis) is 1. The molecule has 3 atom stereocenters. The number of rotatable bonds is 11. The van der Waals surface area contributed by atoms with Crippen LogP contribution in [0, 0.1) is 17.8 Å². The molecule has 0 radical (unpaired) electrons. The second kappa shape index (κ2) is 17.3. The summed E-state index contributed by atoms with van der Waals surface area (Å²) < 4.78 is 10.2. The van der Waals surface area contributed by atoms with E-state index in [1.807, 2.05) is 0 Å². The normalized spacial score (nSPS) is 18.0. The number of amides is 2. The van der Waals surface area contributed by atoms with E-state index in [9.17, 15) is 24.0 Å². The molecule has 0 spiro atoms. The van der Waals surface area contributed by atoms with Crippen LogP contribution in [0.4, 0.5) is 9.59 Å². The van der Waals surface area contributed by atoms with Gasteiger partial charge in [-0.05, 0) is 78.6 Å². The van der Waals surface area contributed by atoms with Crippen LogP contribution in [0.15, 0.2) is 0 Å². The van der Waals surface area contributed by atoms with Crippen molar-refractivity contribution in [2.45, 2.75) is 136 Å². The van der Waals surface area contributed by atoms with E-state index < -0.39 is 59.4 Å². The van der Waals surface area contributed by atoms with E-state index in [1.165, 1.54) is 24.8 Å². The molecular formula is C30H55N3O10. The number of carbonyl (C=O) groups is 5. The number of aliphatic carboxylic acids is 3. The first kappa shape index (κ1) is 39.9. The van der Waals surface area contributed by atoms with Gasteiger partial charge in [0.05, 0.1) is 0 Å². The van der Waals surface area contributed by atoms with Crippen LogP contribution in [0.3, 0.4) is 0 Å². The molecule has 3 rings (SSSR count). The maximum atomic E-state index is 11.7. The average Bonchev–Trinajstić information content (AvgIpc) is 3.66. The Hall–Kier alpha value is -3.09. The predicted molar refractivity (Wildman–Crippen MR) is 161 cm³/mol. The second-order valence-electron chi connectivity index (χ2n) is 13.5. The third-order valence-corrected chi connectivity index (χ3v) is 6.54. The Morgan fingerprint density at radius 1 is 0.744 bits per heavy atom. The van der Waals surface area contributed by atoms with E-state index in [-0.39, 0.29) is 7.43 Å². The highest BCUT2D eigenvalue weighted by Crippen LogP contribution is 2.35. The molecule has 0 heterocycles. The Labute approximate surface area is 255 Å². The number of likely N-dealkylation sites (N-methyl/N-ethyl adjacent to an activating group) is 1. The van der Waals surface area contributed by atoms with Gasteiger partial charge in [0.1, 0.15) is 29.3 Å². The third-order valence-electron chi connectivity index (χ3n) is 6.54. The summed E-state index contributed by atoms with van der Waals surface area (Å²) in [4.78, 5) is 56.5. The molecule has 43 heavy (non-hydrogen) atoms. The summed E-state index contributed by atoms with van der Waals surface area (Å²) in [6.45, 7) is 10.5. The fourth-order valence-corrected chi connectivity index (χ4v) is 3.73. The summed E-state index contributed by atoms with van der Waals surface area (Å²) in [5, 5.41) is 28.8. The van der Waals surface area contributed by atoms with Crippen LogP contribution in [0.2, 0.25) is 0 Å². The van der Waals surface area contributed by atoms with Crippen molar-refractivity contribution in [2.75, 3.05) is 7.05 Å². The van der Waals surface area contributed by atoms with Crippen molar-refractivity contribution in [3.63, 3.8) is 0 Å². The lowest BCUT2D eigenvalue weighted by atomic mass is 10.1. The maximum Gasteiger partial charge on any atom is 0.410 e. The lowest BCUT2D eigenvalue weighted by molar-refractivity contribution is -0.143. The number of nitrogens with two attached hydrogens (primary N) is 1. The molecule has 0 aromatic rings. The molecule has 0 saturated heterocycles. The number of hydrogen-bond donors (Lipinski definition) is 5. The molecule has 6 N–H and O–H groups in total. The fourth-order valence-electron chi connectivity index (χ4n) is 3.73. The molecule has 2 amide bonds. The first-order valence-electron chi connectivity index (χ1n) is 14.6. The van der Waals surface area contributed by atoms with Gasteiger partial charge >= 0.3 is 30.1 Å². The molecular weight excluding hydrogens is 562 g/mol. The zero-order valence-corrected chi connectivity index (χ0v) is 26.1. The smallest absolute Gasteiger partial charge is 0.410 e. The molecule has 3 saturated carbocycles. The van der Waals surface area contributed by atoms with Gasteiger partial charge in [0.15, 0.2) is 0 Å². The van der Waals surface area contributed by atoms with Gasteiger partial charge in [-0.1, -0.05) is 46.0 Å². The van der Waals surface area contributed by atoms with E-state index in [0.29, 0.717) is 37.0 Å². The third kappa shape index (κ3) is 19.7. The Morgan fingerprint density at radius 3 is 1.51 bits per heavy atom. The summed E-state index contributed by atoms with van der Waals surface area (Å²) in [7, 11) is 1.48. The molecule has 0 bridgehead atoms. The standard InChI is InChI=1S/C12H21NO4.C11H19NO4.C6H11NO2.CH4/c1-12(2,3)17-11(16)13(4)9(10(14)15)7-8-5-6-8;1-11(2,3)16-10(15)12-8(9(13)14)6-7-4-5-7;7-5(6(8)9)3-4-1-2-4;/h8-9H,5-7H2,1-4H3,(H,14,15);7-8H,4-6H2,1-3H3,(H,12,15)(H,13,14);4-5H,1-3,7H2,(H,8,9);1H4/t9-;8-;5-;/m000./s1. The van der Waals surface area contributed by atoms with Gasteiger partial charge < -0.3 is 35.8 Å². The zero-order valence-electron chi connectivity index (χ0n) is 26.1. The average molecular weight is 618 g/mol. The van der Waals surface area contributed by atoms with Crippen LogP contribution in [0.25, 0.3) is 0 Å². The fraction of sp³-hybridized carbons (Fsp3) is 0.833. The van der Waals surface area contributed by atoms with Gasteiger partial charge in [0.2, 0.25) is 0 Å². The summed E-state index contributed by atoms with van der Waals surface area (Å²) in [5.41, 5.74) is 4.05. The summed E-state index contributed by atoms with van der Waals surface area (Å²) in [6.07, 6.45) is 7.00. The van der Waals surface area contributed by atoms with E-state index in [4.69, 9.17) is 30.5 Å². The van der Waals surface area contributed by atoms with Gasteiger partial charge in [-0.25, -0.2) is 19.2 Å². The highest BCUT2D eigenvalue weighted by atomic mass is 16.6. The quantitative estimate of drug-likeness (QED) is 0.215. The van der Waals surface area contributed by atoms with Gasteiger partial charge in [0.25, 0.3) is 0 Å². The van der Waals surface area contributed by atoms with Crippen molar-refractivity contribution < 1.29 is 48.8 Å². The van der Waals surface area contributed by atoms with E-state index in [1.54, 1.807) is 41.5 Å². The van der Waals surface area contributed by atoms with Crippen molar-refractivity contribution in [1.82, 2.24) is 10.2 Å². The Balaban J connectivity index is 0.000000635. The van der Waals surface area contributed by atoms with Crippen LogP contribution < -0.4 is 11.1 Å². The predicted octanol–water partition coefficient (Wildman–Crippen LogP) is 4.71. The minimum Gasteiger partial charge on any atom is -0.480 e. The van der Waals surface area contributed by atoms with Crippen molar-refractivity contribution in [3.05, 3.63) is 0 Å². The molecule has 0 aromatic carbocycles. The van der Waals surface area contributed by atoms with E-state index in [0.717, 1.165) is 25.7 Å². The molecule has 13 nitrogen and oxygen atoms in total. The SMILES string of the molecule is C.CC(C)(C)OC(=O)N[C@@H](CC1CC1)C(=O)O.CN(C(=O)OC(C)(C)C)[C@@H](CC1CC1)C(=O)O.N[C@@H](CC1CC1)C(=O)O. The first-order chi connectivity index (χ1) is 19.2. The summed E-state index contributed by atoms with van der Waals surface area (Å²) in [5.74, 6) is -1.35. The van der Waals surface area contributed by atoms with Crippen molar-refractivity contribution >= 4 is 30.1 Å². The number of carboxylic acids is 3. The summed E-state index contributed by atoms with van der Waals surface area (Å²) in [6, 6.07) is -2.24. The van der Waals surface area contributed by atoms with Crippen molar-refractivity contribution in [1.29, 1.82) is 0 Å². The number of ether oxygens (including phenoxy) is 2. The minimum atomic E-state index is -1.00. The lowest BCUT2D eigenvalue weighted by Gasteiger charge is -2.28. The zero-order chi connectivity index (χ0) is 32.4. The molecule has 0 unspecified atom stereocenters. The minimum absolute atomic E-state index is 0. The molecule has 0 aliphatic heterocycles. The largest absolute Gasteiger partial charge is 0.480 e. The molecule has 13 heteroatoms.